The highest BCUT2D eigenvalue weighted by atomic mass is 16.5. The summed E-state index contributed by atoms with van der Waals surface area (Å²) in [6.07, 6.45) is 3.58. The third-order valence-corrected chi connectivity index (χ3v) is 2.52. The summed E-state index contributed by atoms with van der Waals surface area (Å²) in [6, 6.07) is 9.61. The van der Waals surface area contributed by atoms with Gasteiger partial charge in [0.2, 0.25) is 5.88 Å². The van der Waals surface area contributed by atoms with Gasteiger partial charge in [-0.05, 0) is 25.1 Å². The summed E-state index contributed by atoms with van der Waals surface area (Å²) in [5, 5.41) is 1.05. The Bertz CT molecular complexity index is 660. The van der Waals surface area contributed by atoms with Gasteiger partial charge in [0.05, 0.1) is 0 Å². The minimum Gasteiger partial charge on any atom is -0.438 e. The first kappa shape index (κ1) is 9.84. The van der Waals surface area contributed by atoms with Gasteiger partial charge < -0.3 is 9.72 Å². The van der Waals surface area contributed by atoms with Crippen molar-refractivity contribution in [3.8, 4) is 11.6 Å². The van der Waals surface area contributed by atoms with Gasteiger partial charge in [-0.3, -0.25) is 0 Å². The topological polar surface area (TPSA) is 50.8 Å². The molecule has 2 aromatic heterocycles. The molecule has 4 heteroatoms. The van der Waals surface area contributed by atoms with Crippen LogP contribution in [0.5, 0.6) is 11.6 Å². The standard InChI is InChI=1S/C13H11N3O/c1-9-14-8-6-13(16-9)17-12-4-2-3-11-10(12)5-7-15-11/h2-8,15H,1H3. The average molecular weight is 225 g/mol. The zero-order valence-corrected chi connectivity index (χ0v) is 9.34. The molecule has 0 bridgehead atoms. The normalized spacial score (nSPS) is 10.6. The van der Waals surface area contributed by atoms with E-state index in [2.05, 4.69) is 15.0 Å². The molecule has 3 aromatic rings. The maximum absolute atomic E-state index is 5.76. The van der Waals surface area contributed by atoms with Crippen LogP contribution < -0.4 is 4.74 Å². The molecule has 0 saturated heterocycles. The Balaban J connectivity index is 2.02. The monoisotopic (exact) mass is 225 g/mol. The molecule has 0 amide bonds. The molecule has 0 spiro atoms. The molecule has 84 valence electrons. The summed E-state index contributed by atoms with van der Waals surface area (Å²) in [6.45, 7) is 1.84. The van der Waals surface area contributed by atoms with Crippen LogP contribution in [0.15, 0.2) is 42.7 Å². The van der Waals surface area contributed by atoms with E-state index in [0.29, 0.717) is 11.7 Å². The smallest absolute Gasteiger partial charge is 0.222 e. The van der Waals surface area contributed by atoms with Crippen molar-refractivity contribution in [2.45, 2.75) is 6.92 Å². The van der Waals surface area contributed by atoms with E-state index in [4.69, 9.17) is 4.74 Å². The number of hydrogen-bond acceptors (Lipinski definition) is 3. The number of hydrogen-bond donors (Lipinski definition) is 1. The molecule has 2 heterocycles. The van der Waals surface area contributed by atoms with E-state index in [9.17, 15) is 0 Å². The Hall–Kier alpha value is -2.36. The summed E-state index contributed by atoms with van der Waals surface area (Å²) in [4.78, 5) is 11.4. The molecular formula is C13H11N3O. The van der Waals surface area contributed by atoms with Crippen LogP contribution in [-0.4, -0.2) is 15.0 Å². The molecular weight excluding hydrogens is 214 g/mol. The predicted octanol–water partition coefficient (Wildman–Crippen LogP) is 3.06. The minimum absolute atomic E-state index is 0.561. The van der Waals surface area contributed by atoms with Crippen LogP contribution in [0.3, 0.4) is 0 Å². The van der Waals surface area contributed by atoms with E-state index in [1.807, 2.05) is 37.4 Å². The van der Waals surface area contributed by atoms with E-state index in [-0.39, 0.29) is 0 Å². The van der Waals surface area contributed by atoms with Crippen molar-refractivity contribution in [2.24, 2.45) is 0 Å². The van der Waals surface area contributed by atoms with Gasteiger partial charge in [0.25, 0.3) is 0 Å². The molecule has 0 unspecified atom stereocenters. The lowest BCUT2D eigenvalue weighted by atomic mass is 10.2. The molecule has 0 atom stereocenters. The number of rotatable bonds is 2. The lowest BCUT2D eigenvalue weighted by molar-refractivity contribution is 0.465. The van der Waals surface area contributed by atoms with Crippen molar-refractivity contribution >= 4 is 10.9 Å². The van der Waals surface area contributed by atoms with Crippen LogP contribution in [0, 0.1) is 6.92 Å². The van der Waals surface area contributed by atoms with Crippen LogP contribution in [0.4, 0.5) is 0 Å². The molecule has 1 N–H and O–H groups in total. The number of fused-ring (bicyclic) bond motifs is 1. The minimum atomic E-state index is 0.561. The fourth-order valence-electron chi connectivity index (χ4n) is 1.75. The van der Waals surface area contributed by atoms with Gasteiger partial charge in [-0.15, -0.1) is 0 Å². The molecule has 0 aliphatic heterocycles. The maximum Gasteiger partial charge on any atom is 0.222 e. The first-order chi connectivity index (χ1) is 8.33. The number of aromatic nitrogens is 3. The first-order valence-corrected chi connectivity index (χ1v) is 5.36. The van der Waals surface area contributed by atoms with Gasteiger partial charge in [-0.1, -0.05) is 6.07 Å². The number of ether oxygens (including phenoxy) is 1. The molecule has 17 heavy (non-hydrogen) atoms. The first-order valence-electron chi connectivity index (χ1n) is 5.36. The Morgan fingerprint density at radius 1 is 1.18 bits per heavy atom. The van der Waals surface area contributed by atoms with Crippen molar-refractivity contribution in [2.75, 3.05) is 0 Å². The summed E-state index contributed by atoms with van der Waals surface area (Å²) in [5.74, 6) is 2.05. The lowest BCUT2D eigenvalue weighted by Gasteiger charge is -2.05. The van der Waals surface area contributed by atoms with Crippen LogP contribution in [0.1, 0.15) is 5.82 Å². The second kappa shape index (κ2) is 3.90. The van der Waals surface area contributed by atoms with Crippen LogP contribution >= 0.6 is 0 Å². The molecule has 0 saturated carbocycles. The quantitative estimate of drug-likeness (QED) is 0.729. The highest BCUT2D eigenvalue weighted by Gasteiger charge is 2.04. The Labute approximate surface area is 98.3 Å². The number of H-pyrrole nitrogens is 1. The predicted molar refractivity (Wildman–Crippen MR) is 65.1 cm³/mol. The zero-order chi connectivity index (χ0) is 11.7. The average Bonchev–Trinajstić information content (AvgIpc) is 2.78. The second-order valence-corrected chi connectivity index (χ2v) is 3.74. The molecule has 1 aromatic carbocycles. The Morgan fingerprint density at radius 3 is 3.00 bits per heavy atom. The fourth-order valence-corrected chi connectivity index (χ4v) is 1.75. The van der Waals surface area contributed by atoms with Crippen LogP contribution in [0.25, 0.3) is 10.9 Å². The van der Waals surface area contributed by atoms with Crippen molar-refractivity contribution in [3.05, 3.63) is 48.5 Å². The second-order valence-electron chi connectivity index (χ2n) is 3.74. The third kappa shape index (κ3) is 1.85. The Kier molecular flexibility index (Phi) is 2.26. The van der Waals surface area contributed by atoms with E-state index >= 15 is 0 Å². The lowest BCUT2D eigenvalue weighted by Crippen LogP contribution is -1.91. The van der Waals surface area contributed by atoms with E-state index < -0.39 is 0 Å². The van der Waals surface area contributed by atoms with Crippen molar-refractivity contribution in [1.29, 1.82) is 0 Å². The number of aromatic amines is 1. The molecule has 0 fully saturated rings. The number of nitrogens with one attached hydrogen (secondary N) is 1. The maximum atomic E-state index is 5.76. The molecule has 0 aliphatic carbocycles. The van der Waals surface area contributed by atoms with Crippen molar-refractivity contribution in [3.63, 3.8) is 0 Å². The molecule has 3 rings (SSSR count). The third-order valence-electron chi connectivity index (χ3n) is 2.52. The fraction of sp³-hybridized carbons (Fsp3) is 0.0769. The SMILES string of the molecule is Cc1nccc(Oc2cccc3[nH]ccc23)n1. The van der Waals surface area contributed by atoms with Crippen LogP contribution in [0.2, 0.25) is 0 Å². The summed E-state index contributed by atoms with van der Waals surface area (Å²) in [5.41, 5.74) is 1.05. The Morgan fingerprint density at radius 2 is 2.12 bits per heavy atom. The molecule has 4 nitrogen and oxygen atoms in total. The van der Waals surface area contributed by atoms with Gasteiger partial charge in [0.15, 0.2) is 0 Å². The summed E-state index contributed by atoms with van der Waals surface area (Å²) in [7, 11) is 0. The van der Waals surface area contributed by atoms with E-state index in [1.54, 1.807) is 12.3 Å². The van der Waals surface area contributed by atoms with Gasteiger partial charge in [-0.25, -0.2) is 4.98 Å². The van der Waals surface area contributed by atoms with E-state index in [1.165, 1.54) is 0 Å². The van der Waals surface area contributed by atoms with E-state index in [0.717, 1.165) is 16.7 Å². The summed E-state index contributed by atoms with van der Waals surface area (Å²) < 4.78 is 5.76. The van der Waals surface area contributed by atoms with Crippen molar-refractivity contribution in [1.82, 2.24) is 15.0 Å². The number of nitrogens with zero attached hydrogens (tertiary/aromatic N) is 2. The number of aryl methyl sites for hydroxylation is 1. The number of benzene rings is 1. The van der Waals surface area contributed by atoms with Gasteiger partial charge in [-0.2, -0.15) is 4.98 Å². The highest BCUT2D eigenvalue weighted by molar-refractivity contribution is 5.85. The van der Waals surface area contributed by atoms with Gasteiger partial charge in [0.1, 0.15) is 11.6 Å². The molecule has 0 radical (unpaired) electrons. The van der Waals surface area contributed by atoms with Crippen LogP contribution in [-0.2, 0) is 0 Å². The van der Waals surface area contributed by atoms with Crippen molar-refractivity contribution < 1.29 is 4.74 Å². The summed E-state index contributed by atoms with van der Waals surface area (Å²) >= 11 is 0. The highest BCUT2D eigenvalue weighted by Crippen LogP contribution is 2.28. The van der Waals surface area contributed by atoms with Gasteiger partial charge >= 0.3 is 0 Å². The zero-order valence-electron chi connectivity index (χ0n) is 9.34. The largest absolute Gasteiger partial charge is 0.438 e. The molecule has 0 aliphatic rings. The van der Waals surface area contributed by atoms with Gasteiger partial charge in [0, 0.05) is 29.4 Å².